The zero-order valence-corrected chi connectivity index (χ0v) is 16.6. The number of ether oxygens (including phenoxy) is 3. The molecule has 0 heterocycles. The van der Waals surface area contributed by atoms with Crippen LogP contribution in [0.1, 0.15) is 6.92 Å². The molecule has 13 heteroatoms. The summed E-state index contributed by atoms with van der Waals surface area (Å²) in [6.45, 7) is 5.31. The number of nitrogens with one attached hydrogen (secondary N) is 1. The van der Waals surface area contributed by atoms with Gasteiger partial charge in [0.05, 0.1) is 46.1 Å². The summed E-state index contributed by atoms with van der Waals surface area (Å²) in [5.41, 5.74) is 5.55. The minimum Gasteiger partial charge on any atom is -0.737 e. The number of alkyl carbamates (subject to hydrolysis) is 1. The molecule has 4 N–H and O–H groups in total. The normalized spacial score (nSPS) is 12.8. The Morgan fingerprint density at radius 2 is 2.04 bits per heavy atom. The van der Waals surface area contributed by atoms with Crippen molar-refractivity contribution in [2.75, 3.05) is 79.4 Å². The van der Waals surface area contributed by atoms with Gasteiger partial charge >= 0.3 is 6.09 Å². The average molecular weight is 409 g/mol. The molecule has 0 aliphatic rings. The standard InChI is InChI=1S/C15H34N6O7/c1-14(27-10-9-22)13-26-11-12-28-15(23)17-4-6-20(5-3-16)8-7-19(2)21(25)18-24/h14,22,24H,3-13,16H2,1-2H3,(H,17,23)/p-1/b21-18-. The zero-order valence-electron chi connectivity index (χ0n) is 16.6. The predicted molar refractivity (Wildman–Crippen MR) is 100 cm³/mol. The molecule has 1 atom stereocenters. The van der Waals surface area contributed by atoms with Gasteiger partial charge in [0.15, 0.2) is 0 Å². The van der Waals surface area contributed by atoms with Crippen molar-refractivity contribution in [2.24, 2.45) is 11.0 Å². The number of carbonyl (C=O) groups excluding carboxylic acids is 1. The number of nitrogens with zero attached hydrogens (tertiary/aromatic N) is 4. The maximum absolute atomic E-state index is 11.6. The molecule has 1 unspecified atom stereocenters. The maximum atomic E-state index is 11.6. The smallest absolute Gasteiger partial charge is 0.407 e. The van der Waals surface area contributed by atoms with Crippen LogP contribution in [0, 0.1) is 10.4 Å². The molecule has 0 spiro atoms. The van der Waals surface area contributed by atoms with E-state index in [1.807, 2.05) is 11.8 Å². The second kappa shape index (κ2) is 17.2. The van der Waals surface area contributed by atoms with Gasteiger partial charge in [-0.25, -0.2) is 4.79 Å². The molecule has 0 aliphatic carbocycles. The van der Waals surface area contributed by atoms with E-state index in [2.05, 4.69) is 10.6 Å². The van der Waals surface area contributed by atoms with Gasteiger partial charge < -0.3 is 40.8 Å². The number of hydrogen-bond donors (Lipinski definition) is 3. The topological polar surface area (TPSA) is 171 Å². The van der Waals surface area contributed by atoms with E-state index in [1.54, 1.807) is 0 Å². The summed E-state index contributed by atoms with van der Waals surface area (Å²) in [4.78, 5) is 13.5. The molecule has 0 rings (SSSR count). The van der Waals surface area contributed by atoms with Crippen LogP contribution in [0.4, 0.5) is 4.79 Å². The lowest BCUT2D eigenvalue weighted by atomic mass is 10.4. The molecule has 0 aliphatic heterocycles. The van der Waals surface area contributed by atoms with Crippen molar-refractivity contribution in [3.63, 3.8) is 0 Å². The third-order valence-corrected chi connectivity index (χ3v) is 3.55. The molecule has 28 heavy (non-hydrogen) atoms. The number of carbonyl (C=O) groups is 1. The fraction of sp³-hybridized carbons (Fsp3) is 0.933. The van der Waals surface area contributed by atoms with Crippen molar-refractivity contribution in [3.8, 4) is 0 Å². The number of hydrazine groups is 1. The SMILES string of the molecule is CC(COCCOC(=O)NCCN(CCN)CCN(C)/[N+]([O-])=N/[O-])OCCO. The summed E-state index contributed by atoms with van der Waals surface area (Å²) in [5, 5.41) is 35.9. The highest BCUT2D eigenvalue weighted by Gasteiger charge is 2.10. The largest absolute Gasteiger partial charge is 0.737 e. The Morgan fingerprint density at radius 1 is 1.29 bits per heavy atom. The van der Waals surface area contributed by atoms with Crippen molar-refractivity contribution in [1.29, 1.82) is 0 Å². The van der Waals surface area contributed by atoms with E-state index in [-0.39, 0.29) is 44.0 Å². The highest BCUT2D eigenvalue weighted by molar-refractivity contribution is 5.67. The summed E-state index contributed by atoms with van der Waals surface area (Å²) in [5.74, 6) is 0. The van der Waals surface area contributed by atoms with Crippen LogP contribution in [0.2, 0.25) is 0 Å². The van der Waals surface area contributed by atoms with E-state index >= 15 is 0 Å². The third-order valence-electron chi connectivity index (χ3n) is 3.55. The summed E-state index contributed by atoms with van der Waals surface area (Å²) in [7, 11) is 1.45. The van der Waals surface area contributed by atoms with E-state index in [0.29, 0.717) is 39.3 Å². The molecule has 0 fully saturated rings. The average Bonchev–Trinajstić information content (AvgIpc) is 2.69. The summed E-state index contributed by atoms with van der Waals surface area (Å²) in [6.07, 6.45) is -0.710. The van der Waals surface area contributed by atoms with Crippen molar-refractivity contribution in [2.45, 2.75) is 13.0 Å². The number of aliphatic hydroxyl groups excluding tert-OH is 1. The molecule has 0 saturated heterocycles. The van der Waals surface area contributed by atoms with Crippen molar-refractivity contribution in [3.05, 3.63) is 10.4 Å². The lowest BCUT2D eigenvalue weighted by Crippen LogP contribution is -2.42. The molecule has 0 aromatic heterocycles. The van der Waals surface area contributed by atoms with Crippen LogP contribution < -0.4 is 11.1 Å². The molecule has 0 saturated carbocycles. The number of rotatable bonds is 17. The van der Waals surface area contributed by atoms with Crippen molar-refractivity contribution in [1.82, 2.24) is 15.2 Å². The Labute approximate surface area is 165 Å². The van der Waals surface area contributed by atoms with E-state index in [1.165, 1.54) is 7.05 Å². The van der Waals surface area contributed by atoms with Gasteiger partial charge in [0, 0.05) is 37.7 Å². The molecule has 1 amide bonds. The van der Waals surface area contributed by atoms with Crippen molar-refractivity contribution >= 4 is 6.09 Å². The highest BCUT2D eigenvalue weighted by atomic mass is 16.6. The Morgan fingerprint density at radius 3 is 2.68 bits per heavy atom. The number of amides is 1. The van der Waals surface area contributed by atoms with Crippen LogP contribution in [0.15, 0.2) is 5.28 Å². The van der Waals surface area contributed by atoms with Gasteiger partial charge in [-0.2, -0.15) is 5.01 Å². The molecular weight excluding hydrogens is 376 g/mol. The van der Waals surface area contributed by atoms with Crippen LogP contribution in [0.3, 0.4) is 0 Å². The second-order valence-corrected chi connectivity index (χ2v) is 5.89. The van der Waals surface area contributed by atoms with Gasteiger partial charge in [-0.15, -0.1) is 0 Å². The van der Waals surface area contributed by atoms with Gasteiger partial charge in [0.1, 0.15) is 6.61 Å². The number of aliphatic hydroxyl groups is 1. The molecule has 0 bridgehead atoms. The van der Waals surface area contributed by atoms with Crippen LogP contribution in [-0.4, -0.2) is 112 Å². The van der Waals surface area contributed by atoms with Crippen LogP contribution >= 0.6 is 0 Å². The lowest BCUT2D eigenvalue weighted by Gasteiger charge is -2.23. The Hall–Kier alpha value is -1.93. The Kier molecular flexibility index (Phi) is 16.0. The second-order valence-electron chi connectivity index (χ2n) is 5.89. The summed E-state index contributed by atoms with van der Waals surface area (Å²) < 4.78 is 15.5. The molecule has 166 valence electrons. The minimum absolute atomic E-state index is 0.0299. The van der Waals surface area contributed by atoms with Crippen LogP contribution in [-0.2, 0) is 14.2 Å². The molecule has 0 aromatic rings. The van der Waals surface area contributed by atoms with E-state index in [9.17, 15) is 15.2 Å². The fourth-order valence-corrected chi connectivity index (χ4v) is 2.06. The summed E-state index contributed by atoms with van der Waals surface area (Å²) in [6, 6.07) is 0. The van der Waals surface area contributed by atoms with Crippen molar-refractivity contribution < 1.29 is 29.1 Å². The van der Waals surface area contributed by atoms with Gasteiger partial charge in [0.2, 0.25) is 0 Å². The van der Waals surface area contributed by atoms with Gasteiger partial charge in [0.25, 0.3) is 0 Å². The Bertz CT molecular complexity index is 430. The quantitative estimate of drug-likeness (QED) is 0.113. The number of likely N-dealkylation sites (N-methyl/N-ethyl adjacent to an activating group) is 1. The van der Waals surface area contributed by atoms with Crippen LogP contribution in [0.25, 0.3) is 0 Å². The molecule has 13 nitrogen and oxygen atoms in total. The highest BCUT2D eigenvalue weighted by Crippen LogP contribution is 1.93. The monoisotopic (exact) mass is 409 g/mol. The third kappa shape index (κ3) is 14.2. The molecule has 0 radical (unpaired) electrons. The Balaban J connectivity index is 3.84. The maximum Gasteiger partial charge on any atom is 0.407 e. The first-order valence-corrected chi connectivity index (χ1v) is 9.09. The van der Waals surface area contributed by atoms with E-state index < -0.39 is 6.09 Å². The first-order valence-electron chi connectivity index (χ1n) is 9.09. The van der Waals surface area contributed by atoms with Gasteiger partial charge in [-0.3, -0.25) is 4.90 Å². The first-order chi connectivity index (χ1) is 13.4. The summed E-state index contributed by atoms with van der Waals surface area (Å²) >= 11 is 0. The minimum atomic E-state index is -0.561. The van der Waals surface area contributed by atoms with Gasteiger partial charge in [-0.1, -0.05) is 0 Å². The van der Waals surface area contributed by atoms with E-state index in [0.717, 1.165) is 5.01 Å². The fourth-order valence-electron chi connectivity index (χ4n) is 2.06. The molecular formula is C15H33N6O7-. The lowest BCUT2D eigenvalue weighted by molar-refractivity contribution is -0.684. The van der Waals surface area contributed by atoms with Gasteiger partial charge in [-0.05, 0) is 12.2 Å². The zero-order chi connectivity index (χ0) is 21.2. The molecule has 0 aromatic carbocycles. The van der Waals surface area contributed by atoms with E-state index in [4.69, 9.17) is 25.1 Å². The number of nitrogens with two attached hydrogens (primary N) is 1. The number of hydrogen-bond acceptors (Lipinski definition) is 10. The predicted octanol–water partition coefficient (Wildman–Crippen LogP) is -1.31. The first kappa shape index (κ1) is 26.1. The van der Waals surface area contributed by atoms with Crippen LogP contribution in [0.5, 0.6) is 0 Å².